The van der Waals surface area contributed by atoms with Crippen LogP contribution in [0.15, 0.2) is 42.9 Å². The van der Waals surface area contributed by atoms with Crippen molar-refractivity contribution in [2.24, 2.45) is 0 Å². The quantitative estimate of drug-likeness (QED) is 0.881. The molecule has 5 nitrogen and oxygen atoms in total. The van der Waals surface area contributed by atoms with Crippen molar-refractivity contribution in [3.63, 3.8) is 0 Å². The molecule has 5 heteroatoms. The Morgan fingerprint density at radius 1 is 1.39 bits per heavy atom. The Morgan fingerprint density at radius 3 is 2.89 bits per heavy atom. The lowest BCUT2D eigenvalue weighted by Gasteiger charge is -2.16. The maximum Gasteiger partial charge on any atom is 0.258 e. The largest absolute Gasteiger partial charge is 0.390 e. The highest BCUT2D eigenvalue weighted by Gasteiger charge is 2.13. The average Bonchev–Trinajstić information content (AvgIpc) is 2.46. The fourth-order valence-corrected chi connectivity index (χ4v) is 1.56. The summed E-state index contributed by atoms with van der Waals surface area (Å²) in [7, 11) is 1.68. The molecule has 0 fully saturated rings. The molecule has 92 valence electrons. The minimum atomic E-state index is -0.183. The monoisotopic (exact) mass is 243 g/mol. The zero-order valence-electron chi connectivity index (χ0n) is 9.95. The van der Waals surface area contributed by atoms with Crippen LogP contribution in [-0.4, -0.2) is 28.0 Å². The number of carbonyl (C=O) groups is 1. The first-order chi connectivity index (χ1) is 8.72. The molecule has 18 heavy (non-hydrogen) atoms. The lowest BCUT2D eigenvalue weighted by Crippen LogP contribution is -2.26. The minimum absolute atomic E-state index is 0.167. The molecule has 2 heterocycles. The van der Waals surface area contributed by atoms with E-state index in [4.69, 9.17) is 5.11 Å². The van der Waals surface area contributed by atoms with E-state index in [9.17, 15) is 4.79 Å². The lowest BCUT2D eigenvalue weighted by molar-refractivity contribution is 0.0992. The fourth-order valence-electron chi connectivity index (χ4n) is 1.56. The third-order valence-electron chi connectivity index (χ3n) is 2.56. The van der Waals surface area contributed by atoms with E-state index in [-0.39, 0.29) is 12.5 Å². The van der Waals surface area contributed by atoms with Crippen molar-refractivity contribution < 1.29 is 9.90 Å². The third kappa shape index (κ3) is 2.52. The van der Waals surface area contributed by atoms with Crippen LogP contribution in [-0.2, 0) is 6.61 Å². The molecule has 0 spiro atoms. The van der Waals surface area contributed by atoms with Gasteiger partial charge in [0.05, 0.1) is 24.2 Å². The van der Waals surface area contributed by atoms with Crippen LogP contribution in [0, 0.1) is 0 Å². The molecule has 0 saturated carbocycles. The van der Waals surface area contributed by atoms with Gasteiger partial charge in [-0.05, 0) is 24.3 Å². The Bertz CT molecular complexity index is 543. The van der Waals surface area contributed by atoms with Crippen LogP contribution in [0.1, 0.15) is 16.1 Å². The van der Waals surface area contributed by atoms with Gasteiger partial charge in [0.2, 0.25) is 0 Å². The van der Waals surface area contributed by atoms with Crippen LogP contribution in [0.4, 0.5) is 5.69 Å². The molecule has 2 aromatic rings. The number of nitrogens with zero attached hydrogens (tertiary/aromatic N) is 3. The number of aliphatic hydroxyl groups excluding tert-OH is 1. The van der Waals surface area contributed by atoms with E-state index in [1.165, 1.54) is 11.1 Å². The number of carbonyl (C=O) groups excluding carboxylic acids is 1. The smallest absolute Gasteiger partial charge is 0.258 e. The summed E-state index contributed by atoms with van der Waals surface area (Å²) in [5.74, 6) is -0.167. The molecular formula is C13H13N3O2. The first-order valence-electron chi connectivity index (χ1n) is 5.46. The molecule has 2 rings (SSSR count). The maximum atomic E-state index is 12.2. The van der Waals surface area contributed by atoms with Gasteiger partial charge in [-0.25, -0.2) is 0 Å². The number of amides is 1. The van der Waals surface area contributed by atoms with Crippen LogP contribution < -0.4 is 4.90 Å². The normalized spacial score (nSPS) is 10.1. The van der Waals surface area contributed by atoms with Gasteiger partial charge in [0, 0.05) is 25.0 Å². The first kappa shape index (κ1) is 12.2. The van der Waals surface area contributed by atoms with Gasteiger partial charge in [0.25, 0.3) is 5.91 Å². The van der Waals surface area contributed by atoms with Crippen LogP contribution in [0.5, 0.6) is 0 Å². The van der Waals surface area contributed by atoms with E-state index in [1.54, 1.807) is 43.7 Å². The van der Waals surface area contributed by atoms with Crippen molar-refractivity contribution >= 4 is 11.6 Å². The standard InChI is InChI=1S/C13H13N3O2/c1-16(12-3-2-5-14-8-12)13(18)10-4-6-15-11(7-10)9-17/h2-8,17H,9H2,1H3. The summed E-state index contributed by atoms with van der Waals surface area (Å²) in [5.41, 5.74) is 1.67. The van der Waals surface area contributed by atoms with Crippen molar-refractivity contribution in [3.8, 4) is 0 Å². The predicted octanol–water partition coefficient (Wildman–Crippen LogP) is 1.25. The highest BCUT2D eigenvalue weighted by Crippen LogP contribution is 2.13. The zero-order valence-corrected chi connectivity index (χ0v) is 9.95. The van der Waals surface area contributed by atoms with Gasteiger partial charge in [-0.15, -0.1) is 0 Å². The fraction of sp³-hybridized carbons (Fsp3) is 0.154. The predicted molar refractivity (Wildman–Crippen MR) is 67.1 cm³/mol. The number of aromatic nitrogens is 2. The second kappa shape index (κ2) is 5.37. The summed E-state index contributed by atoms with van der Waals surface area (Å²) in [4.78, 5) is 21.6. The van der Waals surface area contributed by atoms with E-state index < -0.39 is 0 Å². The molecule has 0 aliphatic heterocycles. The summed E-state index contributed by atoms with van der Waals surface area (Å²) in [6.07, 6.45) is 4.78. The summed E-state index contributed by atoms with van der Waals surface area (Å²) in [5, 5.41) is 9.00. The summed E-state index contributed by atoms with van der Waals surface area (Å²) in [6, 6.07) is 6.77. The molecule has 0 aromatic carbocycles. The number of rotatable bonds is 3. The van der Waals surface area contributed by atoms with Crippen molar-refractivity contribution in [2.45, 2.75) is 6.61 Å². The first-order valence-corrected chi connectivity index (χ1v) is 5.46. The van der Waals surface area contributed by atoms with Gasteiger partial charge in [-0.2, -0.15) is 0 Å². The Kier molecular flexibility index (Phi) is 3.64. The van der Waals surface area contributed by atoms with Gasteiger partial charge in [0.1, 0.15) is 0 Å². The highest BCUT2D eigenvalue weighted by atomic mass is 16.3. The molecule has 0 aliphatic carbocycles. The van der Waals surface area contributed by atoms with Gasteiger partial charge >= 0.3 is 0 Å². The zero-order chi connectivity index (χ0) is 13.0. The van der Waals surface area contributed by atoms with E-state index >= 15 is 0 Å². The van der Waals surface area contributed by atoms with Gasteiger partial charge in [-0.3, -0.25) is 14.8 Å². The highest BCUT2D eigenvalue weighted by molar-refractivity contribution is 6.05. The topological polar surface area (TPSA) is 66.3 Å². The summed E-state index contributed by atoms with van der Waals surface area (Å²) < 4.78 is 0. The number of anilines is 1. The summed E-state index contributed by atoms with van der Waals surface area (Å²) >= 11 is 0. The number of hydrogen-bond acceptors (Lipinski definition) is 4. The van der Waals surface area contributed by atoms with Crippen LogP contribution in [0.3, 0.4) is 0 Å². The van der Waals surface area contributed by atoms with E-state index in [0.29, 0.717) is 16.9 Å². The SMILES string of the molecule is CN(C(=O)c1ccnc(CO)c1)c1cccnc1. The molecule has 1 N–H and O–H groups in total. The number of pyridine rings is 2. The van der Waals surface area contributed by atoms with Crippen LogP contribution in [0.25, 0.3) is 0 Å². The number of hydrogen-bond donors (Lipinski definition) is 1. The Morgan fingerprint density at radius 2 is 2.22 bits per heavy atom. The van der Waals surface area contributed by atoms with Crippen molar-refractivity contribution in [2.75, 3.05) is 11.9 Å². The molecule has 0 saturated heterocycles. The van der Waals surface area contributed by atoms with Gasteiger partial charge in [-0.1, -0.05) is 0 Å². The Hall–Kier alpha value is -2.27. The molecule has 2 aromatic heterocycles. The average molecular weight is 243 g/mol. The van der Waals surface area contributed by atoms with Gasteiger partial charge < -0.3 is 10.0 Å². The second-order valence-electron chi connectivity index (χ2n) is 3.77. The van der Waals surface area contributed by atoms with E-state index in [1.807, 2.05) is 0 Å². The Balaban J connectivity index is 2.25. The molecule has 0 aliphatic rings. The summed E-state index contributed by atoms with van der Waals surface area (Å²) in [6.45, 7) is -0.183. The molecule has 1 amide bonds. The lowest BCUT2D eigenvalue weighted by atomic mass is 10.2. The van der Waals surface area contributed by atoms with Crippen LogP contribution in [0.2, 0.25) is 0 Å². The third-order valence-corrected chi connectivity index (χ3v) is 2.56. The Labute approximate surface area is 105 Å². The van der Waals surface area contributed by atoms with Crippen molar-refractivity contribution in [1.82, 2.24) is 9.97 Å². The molecule has 0 unspecified atom stereocenters. The molecule has 0 radical (unpaired) electrons. The van der Waals surface area contributed by atoms with Crippen molar-refractivity contribution in [1.29, 1.82) is 0 Å². The minimum Gasteiger partial charge on any atom is -0.390 e. The number of aliphatic hydroxyl groups is 1. The van der Waals surface area contributed by atoms with E-state index in [0.717, 1.165) is 0 Å². The van der Waals surface area contributed by atoms with E-state index in [2.05, 4.69) is 9.97 Å². The molecule has 0 bridgehead atoms. The van der Waals surface area contributed by atoms with Gasteiger partial charge in [0.15, 0.2) is 0 Å². The molecular weight excluding hydrogens is 230 g/mol. The molecule has 0 atom stereocenters. The van der Waals surface area contributed by atoms with Crippen molar-refractivity contribution in [3.05, 3.63) is 54.1 Å². The maximum absolute atomic E-state index is 12.2. The van der Waals surface area contributed by atoms with Crippen LogP contribution >= 0.6 is 0 Å². The second-order valence-corrected chi connectivity index (χ2v) is 3.77.